The summed E-state index contributed by atoms with van der Waals surface area (Å²) in [6.07, 6.45) is 0. The van der Waals surface area contributed by atoms with Crippen LogP contribution in [0.5, 0.6) is 11.5 Å². The predicted molar refractivity (Wildman–Crippen MR) is 102 cm³/mol. The Morgan fingerprint density at radius 2 is 1.86 bits per heavy atom. The molecule has 0 aliphatic heterocycles. The predicted octanol–water partition coefficient (Wildman–Crippen LogP) is 3.03. The summed E-state index contributed by atoms with van der Waals surface area (Å²) in [5, 5.41) is 6.83. The minimum absolute atomic E-state index is 0.0229. The first kappa shape index (κ1) is 19.1. The van der Waals surface area contributed by atoms with Crippen LogP contribution in [-0.4, -0.2) is 29.4 Å². The van der Waals surface area contributed by atoms with E-state index in [9.17, 15) is 14.0 Å². The molecule has 28 heavy (non-hydrogen) atoms. The molecule has 7 nitrogen and oxygen atoms in total. The van der Waals surface area contributed by atoms with E-state index in [0.29, 0.717) is 23.7 Å². The minimum Gasteiger partial charge on any atom is -0.494 e. The number of ether oxygens (including phenoxy) is 2. The lowest BCUT2D eigenvalue weighted by Crippen LogP contribution is -2.26. The molecular weight excluding hydrogens is 365 g/mol. The highest BCUT2D eigenvalue weighted by Gasteiger charge is 2.19. The first-order chi connectivity index (χ1) is 13.5. The average molecular weight is 383 g/mol. The van der Waals surface area contributed by atoms with Gasteiger partial charge in [-0.25, -0.2) is 4.39 Å². The molecule has 8 heteroatoms. The molecule has 144 valence electrons. The third-order valence-corrected chi connectivity index (χ3v) is 3.84. The molecule has 0 saturated carbocycles. The molecule has 0 bridgehead atoms. The van der Waals surface area contributed by atoms with Crippen LogP contribution >= 0.6 is 0 Å². The molecule has 0 aliphatic rings. The first-order valence-electron chi connectivity index (χ1n) is 8.51. The lowest BCUT2D eigenvalue weighted by atomic mass is 10.2. The molecule has 2 aromatic carbocycles. The van der Waals surface area contributed by atoms with Crippen molar-refractivity contribution < 1.29 is 18.7 Å². The molecule has 0 radical (unpaired) electrons. The molecule has 1 amide bonds. The number of nitrogens with zero attached hydrogens (tertiary/aromatic N) is 2. The summed E-state index contributed by atoms with van der Waals surface area (Å²) in [7, 11) is 1.34. The zero-order chi connectivity index (χ0) is 20.1. The summed E-state index contributed by atoms with van der Waals surface area (Å²) < 4.78 is 24.8. The lowest BCUT2D eigenvalue weighted by Gasteiger charge is -2.13. The number of anilines is 1. The van der Waals surface area contributed by atoms with Gasteiger partial charge in [-0.1, -0.05) is 12.1 Å². The average Bonchev–Trinajstić information content (AvgIpc) is 2.70. The maximum absolute atomic E-state index is 13.2. The van der Waals surface area contributed by atoms with E-state index in [0.717, 1.165) is 10.7 Å². The van der Waals surface area contributed by atoms with E-state index in [2.05, 4.69) is 10.4 Å². The zero-order valence-corrected chi connectivity index (χ0v) is 15.3. The molecule has 3 rings (SSSR count). The van der Waals surface area contributed by atoms with Gasteiger partial charge in [0, 0.05) is 0 Å². The number of amides is 1. The fourth-order valence-electron chi connectivity index (χ4n) is 2.55. The second kappa shape index (κ2) is 8.34. The Hall–Kier alpha value is -3.68. The highest BCUT2D eigenvalue weighted by molar-refractivity contribution is 6.05. The smallest absolute Gasteiger partial charge is 0.280 e. The highest BCUT2D eigenvalue weighted by atomic mass is 19.1. The third-order valence-electron chi connectivity index (χ3n) is 3.84. The van der Waals surface area contributed by atoms with E-state index in [1.807, 2.05) is 6.92 Å². The van der Waals surface area contributed by atoms with E-state index in [1.54, 1.807) is 24.3 Å². The van der Waals surface area contributed by atoms with Crippen molar-refractivity contribution in [2.45, 2.75) is 6.92 Å². The molecule has 1 N–H and O–H groups in total. The number of aromatic nitrogens is 2. The van der Waals surface area contributed by atoms with E-state index < -0.39 is 17.3 Å². The molecular formula is C20H18FN3O4. The summed E-state index contributed by atoms with van der Waals surface area (Å²) in [5.41, 5.74) is 0.156. The molecule has 1 heterocycles. The number of rotatable bonds is 6. The van der Waals surface area contributed by atoms with Crippen LogP contribution in [0.4, 0.5) is 10.1 Å². The number of methoxy groups -OCH3 is 1. The summed E-state index contributed by atoms with van der Waals surface area (Å²) >= 11 is 0. The Kier molecular flexibility index (Phi) is 5.69. The van der Waals surface area contributed by atoms with Crippen molar-refractivity contribution in [2.75, 3.05) is 19.0 Å². The van der Waals surface area contributed by atoms with Gasteiger partial charge in [-0.3, -0.25) is 9.59 Å². The van der Waals surface area contributed by atoms with E-state index >= 15 is 0 Å². The number of para-hydroxylation sites is 2. The second-order valence-corrected chi connectivity index (χ2v) is 5.67. The largest absolute Gasteiger partial charge is 0.494 e. The summed E-state index contributed by atoms with van der Waals surface area (Å²) in [6.45, 7) is 2.27. The Morgan fingerprint density at radius 3 is 2.54 bits per heavy atom. The van der Waals surface area contributed by atoms with Gasteiger partial charge in [0.05, 0.1) is 31.2 Å². The number of carbonyl (C=O) groups excluding carboxylic acids is 1. The van der Waals surface area contributed by atoms with Gasteiger partial charge in [-0.15, -0.1) is 0 Å². The Bertz CT molecular complexity index is 1050. The van der Waals surface area contributed by atoms with Gasteiger partial charge in [0.25, 0.3) is 11.5 Å². The van der Waals surface area contributed by atoms with Crippen LogP contribution in [0.3, 0.4) is 0 Å². The number of hydrogen-bond donors (Lipinski definition) is 1. The van der Waals surface area contributed by atoms with Crippen LogP contribution in [0.1, 0.15) is 17.4 Å². The van der Waals surface area contributed by atoms with Crippen molar-refractivity contribution >= 4 is 11.6 Å². The van der Waals surface area contributed by atoms with Crippen molar-refractivity contribution in [2.24, 2.45) is 0 Å². The van der Waals surface area contributed by atoms with Crippen molar-refractivity contribution in [1.29, 1.82) is 0 Å². The van der Waals surface area contributed by atoms with Crippen LogP contribution in [0.2, 0.25) is 0 Å². The number of carbonyl (C=O) groups is 1. The summed E-state index contributed by atoms with van der Waals surface area (Å²) in [5.74, 6) is -0.505. The topological polar surface area (TPSA) is 82.5 Å². The van der Waals surface area contributed by atoms with Crippen molar-refractivity contribution in [3.8, 4) is 17.2 Å². The Labute approximate surface area is 160 Å². The normalized spacial score (nSPS) is 10.4. The maximum Gasteiger partial charge on any atom is 0.280 e. The van der Waals surface area contributed by atoms with Crippen LogP contribution in [0, 0.1) is 5.82 Å². The molecule has 0 saturated heterocycles. The molecule has 0 atom stereocenters. The minimum atomic E-state index is -0.583. The van der Waals surface area contributed by atoms with Gasteiger partial charge in [0.2, 0.25) is 0 Å². The quantitative estimate of drug-likeness (QED) is 0.708. The van der Waals surface area contributed by atoms with Crippen molar-refractivity contribution in [1.82, 2.24) is 9.78 Å². The monoisotopic (exact) mass is 383 g/mol. The first-order valence-corrected chi connectivity index (χ1v) is 8.51. The van der Waals surface area contributed by atoms with Crippen LogP contribution < -0.4 is 20.3 Å². The van der Waals surface area contributed by atoms with Gasteiger partial charge in [-0.05, 0) is 43.3 Å². The van der Waals surface area contributed by atoms with Crippen LogP contribution in [0.15, 0.2) is 59.4 Å². The fraction of sp³-hybridized carbons (Fsp3) is 0.150. The molecule has 0 fully saturated rings. The van der Waals surface area contributed by atoms with Crippen LogP contribution in [-0.2, 0) is 0 Å². The second-order valence-electron chi connectivity index (χ2n) is 5.67. The number of hydrogen-bond acceptors (Lipinski definition) is 5. The molecule has 3 aromatic rings. The van der Waals surface area contributed by atoms with Gasteiger partial charge < -0.3 is 14.8 Å². The lowest BCUT2D eigenvalue weighted by molar-refractivity contribution is 0.101. The number of benzene rings is 2. The zero-order valence-electron chi connectivity index (χ0n) is 15.3. The van der Waals surface area contributed by atoms with E-state index in [4.69, 9.17) is 9.47 Å². The van der Waals surface area contributed by atoms with Crippen LogP contribution in [0.25, 0.3) is 5.69 Å². The van der Waals surface area contributed by atoms with Crippen molar-refractivity contribution in [3.05, 3.63) is 76.5 Å². The molecule has 1 aromatic heterocycles. The van der Waals surface area contributed by atoms with Gasteiger partial charge in [0.15, 0.2) is 11.4 Å². The van der Waals surface area contributed by atoms with E-state index in [1.165, 1.54) is 31.4 Å². The highest BCUT2D eigenvalue weighted by Crippen LogP contribution is 2.25. The van der Waals surface area contributed by atoms with Crippen molar-refractivity contribution in [3.63, 3.8) is 0 Å². The maximum atomic E-state index is 13.2. The molecule has 0 aliphatic carbocycles. The summed E-state index contributed by atoms with van der Waals surface area (Å²) in [4.78, 5) is 25.1. The summed E-state index contributed by atoms with van der Waals surface area (Å²) in [6, 6.07) is 13.3. The SMILES string of the molecule is CCOc1ccccc1NC(=O)c1nn(-c2ccc(F)cc2)c(=O)cc1OC. The van der Waals surface area contributed by atoms with Gasteiger partial charge in [0.1, 0.15) is 11.6 Å². The Balaban J connectivity index is 2.01. The number of nitrogens with one attached hydrogen (secondary N) is 1. The fourth-order valence-corrected chi connectivity index (χ4v) is 2.55. The van der Waals surface area contributed by atoms with Gasteiger partial charge >= 0.3 is 0 Å². The molecule has 0 spiro atoms. The van der Waals surface area contributed by atoms with Gasteiger partial charge in [-0.2, -0.15) is 9.78 Å². The molecule has 0 unspecified atom stereocenters. The standard InChI is InChI=1S/C20H18FN3O4/c1-3-28-16-7-5-4-6-15(16)22-20(26)19-17(27-2)12-18(25)24(23-19)14-10-8-13(21)9-11-14/h4-12H,3H2,1-2H3,(H,22,26). The number of halogens is 1. The Morgan fingerprint density at radius 1 is 1.14 bits per heavy atom. The third kappa shape index (κ3) is 4.01. The van der Waals surface area contributed by atoms with E-state index in [-0.39, 0.29) is 11.4 Å².